The second-order valence-electron chi connectivity index (χ2n) is 5.01. The van der Waals surface area contributed by atoms with Crippen LogP contribution in [-0.4, -0.2) is 16.1 Å². The first kappa shape index (κ1) is 16.0. The molecule has 0 saturated carbocycles. The van der Waals surface area contributed by atoms with Crippen LogP contribution in [0.25, 0.3) is 0 Å². The molecule has 0 unspecified atom stereocenters. The van der Waals surface area contributed by atoms with Crippen molar-refractivity contribution < 1.29 is 4.79 Å². The van der Waals surface area contributed by atoms with Crippen molar-refractivity contribution in [1.82, 2.24) is 15.5 Å². The van der Waals surface area contributed by atoms with Crippen molar-refractivity contribution in [3.05, 3.63) is 88.3 Å². The predicted molar refractivity (Wildman–Crippen MR) is 93.0 cm³/mol. The van der Waals surface area contributed by atoms with Crippen LogP contribution in [0.15, 0.2) is 81.3 Å². The minimum atomic E-state index is -0.337. The van der Waals surface area contributed by atoms with Gasteiger partial charge in [-0.3, -0.25) is 9.59 Å². The molecule has 3 aromatic rings. The van der Waals surface area contributed by atoms with Gasteiger partial charge in [-0.05, 0) is 29.8 Å². The minimum absolute atomic E-state index is 0.183. The van der Waals surface area contributed by atoms with E-state index in [4.69, 9.17) is 0 Å². The number of H-pyrrole nitrogens is 1. The van der Waals surface area contributed by atoms with E-state index in [0.29, 0.717) is 6.54 Å². The number of hydrogen-bond acceptors (Lipinski definition) is 4. The summed E-state index contributed by atoms with van der Waals surface area (Å²) in [4.78, 5) is 25.3. The average molecular weight is 337 g/mol. The van der Waals surface area contributed by atoms with Crippen LogP contribution in [0.1, 0.15) is 16.1 Å². The van der Waals surface area contributed by atoms with E-state index in [-0.39, 0.29) is 17.2 Å². The van der Waals surface area contributed by atoms with Crippen molar-refractivity contribution in [1.29, 1.82) is 0 Å². The minimum Gasteiger partial charge on any atom is -0.347 e. The summed E-state index contributed by atoms with van der Waals surface area (Å²) in [5.74, 6) is -0.328. The number of nitrogens with zero attached hydrogens (tertiary/aromatic N) is 1. The fraction of sp³-hybridized carbons (Fsp3) is 0.0556. The van der Waals surface area contributed by atoms with Gasteiger partial charge >= 0.3 is 0 Å². The van der Waals surface area contributed by atoms with E-state index in [1.807, 2.05) is 54.6 Å². The maximum Gasteiger partial charge on any atom is 0.271 e. The molecule has 0 aliphatic carbocycles. The van der Waals surface area contributed by atoms with E-state index in [2.05, 4.69) is 15.5 Å². The Balaban J connectivity index is 1.70. The molecule has 1 aromatic heterocycles. The van der Waals surface area contributed by atoms with Crippen LogP contribution in [0.5, 0.6) is 0 Å². The van der Waals surface area contributed by atoms with E-state index < -0.39 is 0 Å². The van der Waals surface area contributed by atoms with Gasteiger partial charge in [0.1, 0.15) is 5.69 Å². The van der Waals surface area contributed by atoms with Crippen molar-refractivity contribution in [2.24, 2.45) is 0 Å². The summed E-state index contributed by atoms with van der Waals surface area (Å²) in [6.07, 6.45) is 0. The van der Waals surface area contributed by atoms with Crippen molar-refractivity contribution >= 4 is 17.7 Å². The predicted octanol–water partition coefficient (Wildman–Crippen LogP) is 2.85. The lowest BCUT2D eigenvalue weighted by Crippen LogP contribution is -2.25. The molecule has 5 nitrogen and oxygen atoms in total. The molecule has 1 amide bonds. The van der Waals surface area contributed by atoms with E-state index in [9.17, 15) is 9.59 Å². The molecule has 24 heavy (non-hydrogen) atoms. The molecule has 0 saturated heterocycles. The van der Waals surface area contributed by atoms with E-state index in [0.717, 1.165) is 15.4 Å². The molecule has 0 spiro atoms. The Bertz CT molecular complexity index is 874. The summed E-state index contributed by atoms with van der Waals surface area (Å²) in [6, 6.07) is 20.7. The van der Waals surface area contributed by atoms with Gasteiger partial charge in [0.05, 0.1) is 0 Å². The highest BCUT2D eigenvalue weighted by molar-refractivity contribution is 7.99. The highest BCUT2D eigenvalue weighted by Crippen LogP contribution is 2.30. The lowest BCUT2D eigenvalue weighted by Gasteiger charge is -2.10. The van der Waals surface area contributed by atoms with Crippen LogP contribution >= 0.6 is 11.8 Å². The Labute approximate surface area is 143 Å². The van der Waals surface area contributed by atoms with Gasteiger partial charge in [0.25, 0.3) is 11.5 Å². The number of nitrogens with one attached hydrogen (secondary N) is 2. The maximum atomic E-state index is 12.1. The van der Waals surface area contributed by atoms with Gasteiger partial charge in [0, 0.05) is 22.4 Å². The smallest absolute Gasteiger partial charge is 0.271 e. The third kappa shape index (κ3) is 4.11. The molecule has 0 aliphatic heterocycles. The molecule has 0 fully saturated rings. The Kier molecular flexibility index (Phi) is 5.08. The molecule has 1 heterocycles. The number of rotatable bonds is 5. The first-order valence-corrected chi connectivity index (χ1v) is 8.19. The number of amides is 1. The Morgan fingerprint density at radius 3 is 2.50 bits per heavy atom. The van der Waals surface area contributed by atoms with Crippen molar-refractivity contribution in [2.45, 2.75) is 16.3 Å². The molecule has 2 N–H and O–H groups in total. The van der Waals surface area contributed by atoms with Gasteiger partial charge in [-0.15, -0.1) is 0 Å². The molecule has 3 rings (SSSR count). The van der Waals surface area contributed by atoms with Crippen LogP contribution in [0.4, 0.5) is 0 Å². The van der Waals surface area contributed by atoms with Crippen molar-refractivity contribution in [2.75, 3.05) is 0 Å². The summed E-state index contributed by atoms with van der Waals surface area (Å²) >= 11 is 1.65. The number of hydrogen-bond donors (Lipinski definition) is 2. The van der Waals surface area contributed by atoms with Gasteiger partial charge in [-0.25, -0.2) is 5.10 Å². The first-order valence-electron chi connectivity index (χ1n) is 7.37. The summed E-state index contributed by atoms with van der Waals surface area (Å²) in [6.45, 7) is 0.385. The highest BCUT2D eigenvalue weighted by atomic mass is 32.2. The van der Waals surface area contributed by atoms with Gasteiger partial charge in [0.2, 0.25) is 0 Å². The second-order valence-corrected chi connectivity index (χ2v) is 6.13. The molecule has 0 aliphatic rings. The summed E-state index contributed by atoms with van der Waals surface area (Å²) in [5, 5.41) is 8.80. The summed E-state index contributed by atoms with van der Waals surface area (Å²) in [7, 11) is 0. The third-order valence-corrected chi connectivity index (χ3v) is 4.42. The van der Waals surface area contributed by atoms with E-state index in [1.165, 1.54) is 12.1 Å². The zero-order valence-electron chi connectivity index (χ0n) is 12.7. The van der Waals surface area contributed by atoms with Gasteiger partial charge in [-0.2, -0.15) is 5.10 Å². The molecule has 2 aromatic carbocycles. The van der Waals surface area contributed by atoms with E-state index >= 15 is 0 Å². The monoisotopic (exact) mass is 337 g/mol. The van der Waals surface area contributed by atoms with Crippen molar-refractivity contribution in [3.8, 4) is 0 Å². The lowest BCUT2D eigenvalue weighted by atomic mass is 10.2. The molecule has 120 valence electrons. The van der Waals surface area contributed by atoms with Crippen LogP contribution in [0, 0.1) is 0 Å². The number of aromatic amines is 1. The van der Waals surface area contributed by atoms with Gasteiger partial charge in [0.15, 0.2) is 0 Å². The average Bonchev–Trinajstić information content (AvgIpc) is 2.62. The summed E-state index contributed by atoms with van der Waals surface area (Å²) < 4.78 is 0. The van der Waals surface area contributed by atoms with Gasteiger partial charge in [-0.1, -0.05) is 48.2 Å². The van der Waals surface area contributed by atoms with E-state index in [1.54, 1.807) is 11.8 Å². The van der Waals surface area contributed by atoms with Crippen LogP contribution in [0.2, 0.25) is 0 Å². The number of aromatic nitrogens is 2. The molecular formula is C18H15N3O2S. The number of carbonyl (C=O) groups excluding carboxylic acids is 1. The number of benzene rings is 2. The zero-order chi connectivity index (χ0) is 16.8. The SMILES string of the molecule is O=C(NCc1ccccc1Sc1ccccc1)c1ccc(=O)[nH]n1. The fourth-order valence-corrected chi connectivity index (χ4v) is 3.07. The Hall–Kier alpha value is -2.86. The van der Waals surface area contributed by atoms with Gasteiger partial charge < -0.3 is 5.32 Å². The number of carbonyl (C=O) groups is 1. The van der Waals surface area contributed by atoms with Crippen LogP contribution in [0.3, 0.4) is 0 Å². The highest BCUT2D eigenvalue weighted by Gasteiger charge is 2.09. The standard InChI is InChI=1S/C18H15N3O2S/c22-17-11-10-15(20-21-17)18(23)19-12-13-6-4-5-9-16(13)24-14-7-2-1-3-8-14/h1-11H,12H2,(H,19,23)(H,21,22). The Morgan fingerprint density at radius 2 is 1.75 bits per heavy atom. The van der Waals surface area contributed by atoms with Crippen LogP contribution in [-0.2, 0) is 6.54 Å². The normalized spacial score (nSPS) is 10.3. The maximum absolute atomic E-state index is 12.1. The fourth-order valence-electron chi connectivity index (χ4n) is 2.10. The van der Waals surface area contributed by atoms with Crippen molar-refractivity contribution in [3.63, 3.8) is 0 Å². The first-order chi connectivity index (χ1) is 11.7. The summed E-state index contributed by atoms with van der Waals surface area (Å²) in [5.41, 5.74) is 0.864. The molecular weight excluding hydrogens is 322 g/mol. The Morgan fingerprint density at radius 1 is 1.00 bits per heavy atom. The third-order valence-electron chi connectivity index (χ3n) is 3.29. The van der Waals surface area contributed by atoms with Crippen LogP contribution < -0.4 is 10.9 Å². The molecule has 6 heteroatoms. The molecule has 0 atom stereocenters. The zero-order valence-corrected chi connectivity index (χ0v) is 13.5. The lowest BCUT2D eigenvalue weighted by molar-refractivity contribution is 0.0944. The molecule has 0 radical (unpaired) electrons. The largest absolute Gasteiger partial charge is 0.347 e. The topological polar surface area (TPSA) is 74.8 Å². The molecule has 0 bridgehead atoms. The quantitative estimate of drug-likeness (QED) is 0.751. The second kappa shape index (κ2) is 7.61.